The topological polar surface area (TPSA) is 152 Å². The van der Waals surface area contributed by atoms with Crippen molar-refractivity contribution in [2.24, 2.45) is 23.7 Å². The molecule has 1 aromatic heterocycles. The number of thiazole rings is 1. The Bertz CT molecular complexity index is 1920. The molecule has 0 unspecified atom stereocenters. The molecule has 1 aliphatic rings. The summed E-state index contributed by atoms with van der Waals surface area (Å²) in [7, 11) is 6.83. The number of carbonyl (C=O) groups excluding carboxylic acids is 4. The Labute approximate surface area is 398 Å². The third kappa shape index (κ3) is 15.3. The number of rotatable bonds is 26. The number of aromatic nitrogens is 1. The zero-order valence-corrected chi connectivity index (χ0v) is 42.3. The van der Waals surface area contributed by atoms with E-state index in [1.165, 1.54) is 16.2 Å². The first-order chi connectivity index (χ1) is 31.5. The highest BCUT2D eigenvalue weighted by molar-refractivity contribution is 7.09. The van der Waals surface area contributed by atoms with Crippen LogP contribution in [0, 0.1) is 30.6 Å². The smallest absolute Gasteiger partial charge is 0.410 e. The minimum atomic E-state index is -0.754. The molecule has 2 aromatic carbocycles. The van der Waals surface area contributed by atoms with Crippen LogP contribution < -0.4 is 10.6 Å². The summed E-state index contributed by atoms with van der Waals surface area (Å²) in [6, 6.07) is 16.0. The number of likely N-dealkylation sites (N-methyl/N-ethyl adjacent to an activating group) is 2. The van der Waals surface area contributed by atoms with Crippen molar-refractivity contribution in [3.8, 4) is 0 Å². The first kappa shape index (κ1) is 54.2. The Morgan fingerprint density at radius 2 is 1.59 bits per heavy atom. The maximum Gasteiger partial charge on any atom is 0.410 e. The van der Waals surface area contributed by atoms with Crippen LogP contribution in [0.2, 0.25) is 0 Å². The van der Waals surface area contributed by atoms with E-state index in [1.807, 2.05) is 113 Å². The number of likely N-dealkylation sites (tertiary alicyclic amines) is 1. The number of methoxy groups -OCH3 is 2. The number of benzene rings is 2. The molecule has 1 aliphatic heterocycles. The molecule has 0 spiro atoms. The van der Waals surface area contributed by atoms with E-state index in [0.29, 0.717) is 13.0 Å². The molecule has 1 fully saturated rings. The van der Waals surface area contributed by atoms with Gasteiger partial charge in [-0.3, -0.25) is 24.2 Å². The Hall–Kier alpha value is -4.41. The lowest BCUT2D eigenvalue weighted by atomic mass is 9.90. The number of ether oxygens (including phenoxy) is 4. The zero-order valence-electron chi connectivity index (χ0n) is 41.5. The molecule has 2 heterocycles. The summed E-state index contributed by atoms with van der Waals surface area (Å²) < 4.78 is 24.1. The Morgan fingerprint density at radius 3 is 2.18 bits per heavy atom. The number of aryl methyl sites for hydroxylation is 1. The predicted molar refractivity (Wildman–Crippen MR) is 260 cm³/mol. The molecule has 0 radical (unpaired) electrons. The lowest BCUT2D eigenvalue weighted by Gasteiger charge is -2.39. The minimum Gasteiger partial charge on any atom is -0.445 e. The van der Waals surface area contributed by atoms with Crippen molar-refractivity contribution >= 4 is 35.2 Å². The second-order valence-corrected chi connectivity index (χ2v) is 19.6. The fourth-order valence-electron chi connectivity index (χ4n) is 9.06. The van der Waals surface area contributed by atoms with Crippen LogP contribution in [0.3, 0.4) is 0 Å². The molecular formula is C51H78N6O8S. The fraction of sp³-hybridized carbons (Fsp3) is 0.627. The highest BCUT2D eigenvalue weighted by Gasteiger charge is 2.42. The van der Waals surface area contributed by atoms with Gasteiger partial charge >= 0.3 is 6.09 Å². The third-order valence-electron chi connectivity index (χ3n) is 13.1. The van der Waals surface area contributed by atoms with Gasteiger partial charge in [-0.1, -0.05) is 115 Å². The van der Waals surface area contributed by atoms with Crippen molar-refractivity contribution in [2.75, 3.05) is 48.2 Å². The second kappa shape index (κ2) is 26.8. The molecule has 4 rings (SSSR count). The van der Waals surface area contributed by atoms with Gasteiger partial charge < -0.3 is 34.5 Å². The van der Waals surface area contributed by atoms with Gasteiger partial charge in [-0.2, -0.15) is 0 Å². The lowest BCUT2D eigenvalue weighted by Crippen LogP contribution is -2.55. The Kier molecular flexibility index (Phi) is 22.0. The van der Waals surface area contributed by atoms with E-state index in [-0.39, 0.29) is 86.0 Å². The van der Waals surface area contributed by atoms with Gasteiger partial charge in [-0.25, -0.2) is 9.78 Å². The van der Waals surface area contributed by atoms with Gasteiger partial charge in [0.05, 0.1) is 56.0 Å². The summed E-state index contributed by atoms with van der Waals surface area (Å²) in [6.45, 7) is 17.2. The third-order valence-corrected chi connectivity index (χ3v) is 14.0. The molecule has 0 bridgehead atoms. The van der Waals surface area contributed by atoms with Gasteiger partial charge in [0.2, 0.25) is 17.7 Å². The molecule has 9 atom stereocenters. The monoisotopic (exact) mass is 935 g/mol. The number of nitrogens with one attached hydrogen (secondary N) is 2. The molecule has 4 amide bonds. The molecule has 14 nitrogen and oxygen atoms in total. The van der Waals surface area contributed by atoms with Crippen molar-refractivity contribution in [2.45, 2.75) is 137 Å². The standard InChI is InChI=1S/C51H78N6O8S/c1-13-36(7)46(55(9)32-64-31-41(33(2)3)54-49(60)45(34(4)5)56(10)51(61)65-30-39-23-21-35(6)22-24-39)43(62-11)29-44(58)57-26-17-20-42(57)47(63-12)37(8)48(59)53-40(50-52-25-27-66-50)28-38-18-15-14-16-19-38/h14-16,18-19,21-25,27,33-34,36-37,40-43,45-47H,13,17,20,26,28-32H2,1-12H3,(H,53,59)(H,54,60)/t36-,37+,40-,41+,42-,43+,45-,46-,47+/m0/s1. The lowest BCUT2D eigenvalue weighted by molar-refractivity contribution is -0.143. The van der Waals surface area contributed by atoms with Crippen LogP contribution in [0.5, 0.6) is 0 Å². The molecule has 366 valence electrons. The Balaban J connectivity index is 1.37. The SMILES string of the molecule is CC[C@H](C)[C@@H]([C@@H](CC(=O)N1CCC[C@H]1[C@H](OC)[C@@H](C)C(=O)N[C@@H](Cc1ccccc1)c1nccs1)OC)N(C)COC[C@@H](NC(=O)[C@H](C(C)C)N(C)C(=O)OCc1ccc(C)cc1)C(C)C. The van der Waals surface area contributed by atoms with Crippen LogP contribution in [0.25, 0.3) is 0 Å². The number of hydrogen-bond donors (Lipinski definition) is 2. The molecular weight excluding hydrogens is 857 g/mol. The van der Waals surface area contributed by atoms with Crippen LogP contribution in [-0.2, 0) is 46.4 Å². The van der Waals surface area contributed by atoms with Gasteiger partial charge in [-0.05, 0) is 62.1 Å². The number of amides is 4. The highest BCUT2D eigenvalue weighted by atomic mass is 32.1. The first-order valence-corrected chi connectivity index (χ1v) is 24.5. The van der Waals surface area contributed by atoms with Gasteiger partial charge in [0.15, 0.2) is 0 Å². The minimum absolute atomic E-state index is 0.0346. The van der Waals surface area contributed by atoms with Crippen molar-refractivity contribution in [1.82, 2.24) is 30.3 Å². The summed E-state index contributed by atoms with van der Waals surface area (Å²) in [5.41, 5.74) is 3.08. The molecule has 0 saturated carbocycles. The maximum atomic E-state index is 14.4. The van der Waals surface area contributed by atoms with E-state index in [9.17, 15) is 19.2 Å². The second-order valence-electron chi connectivity index (χ2n) is 18.7. The van der Waals surface area contributed by atoms with Crippen LogP contribution >= 0.6 is 11.3 Å². The van der Waals surface area contributed by atoms with Gasteiger partial charge in [0.25, 0.3) is 0 Å². The van der Waals surface area contributed by atoms with E-state index in [0.717, 1.165) is 41.0 Å². The zero-order chi connectivity index (χ0) is 48.5. The summed E-state index contributed by atoms with van der Waals surface area (Å²) in [6.07, 6.45) is 3.35. The van der Waals surface area contributed by atoms with Crippen molar-refractivity contribution in [1.29, 1.82) is 0 Å². The normalized spacial score (nSPS) is 17.7. The molecule has 66 heavy (non-hydrogen) atoms. The van der Waals surface area contributed by atoms with E-state index in [4.69, 9.17) is 18.9 Å². The average Bonchev–Trinajstić information content (AvgIpc) is 4.02. The van der Waals surface area contributed by atoms with Gasteiger partial charge in [0.1, 0.15) is 17.7 Å². The fourth-order valence-corrected chi connectivity index (χ4v) is 9.74. The van der Waals surface area contributed by atoms with Crippen LogP contribution in [0.4, 0.5) is 4.79 Å². The van der Waals surface area contributed by atoms with E-state index < -0.39 is 30.3 Å². The number of nitrogens with zero attached hydrogens (tertiary/aromatic N) is 4. The maximum absolute atomic E-state index is 14.4. The highest BCUT2D eigenvalue weighted by Crippen LogP contribution is 2.30. The van der Waals surface area contributed by atoms with Crippen molar-refractivity contribution in [3.63, 3.8) is 0 Å². The van der Waals surface area contributed by atoms with E-state index >= 15 is 0 Å². The van der Waals surface area contributed by atoms with Crippen molar-refractivity contribution < 1.29 is 38.1 Å². The average molecular weight is 935 g/mol. The number of carbonyl (C=O) groups is 4. The molecule has 15 heteroatoms. The Morgan fingerprint density at radius 1 is 0.894 bits per heavy atom. The largest absolute Gasteiger partial charge is 0.445 e. The van der Waals surface area contributed by atoms with E-state index in [1.54, 1.807) is 27.5 Å². The van der Waals surface area contributed by atoms with Gasteiger partial charge in [0, 0.05) is 45.4 Å². The summed E-state index contributed by atoms with van der Waals surface area (Å²) in [5, 5.41) is 9.16. The molecule has 2 N–H and O–H groups in total. The predicted octanol–water partition coefficient (Wildman–Crippen LogP) is 7.65. The van der Waals surface area contributed by atoms with Crippen LogP contribution in [-0.4, -0.2) is 128 Å². The number of hydrogen-bond acceptors (Lipinski definition) is 11. The molecule has 3 aromatic rings. The summed E-state index contributed by atoms with van der Waals surface area (Å²) >= 11 is 1.51. The first-order valence-electron chi connectivity index (χ1n) is 23.6. The van der Waals surface area contributed by atoms with Crippen LogP contribution in [0.15, 0.2) is 66.2 Å². The summed E-state index contributed by atoms with van der Waals surface area (Å²) in [4.78, 5) is 65.2. The quantitative estimate of drug-likeness (QED) is 0.0769. The summed E-state index contributed by atoms with van der Waals surface area (Å²) in [5.74, 6) is -1.00. The van der Waals surface area contributed by atoms with E-state index in [2.05, 4.69) is 34.4 Å². The molecule has 1 saturated heterocycles. The van der Waals surface area contributed by atoms with Gasteiger partial charge in [-0.15, -0.1) is 11.3 Å². The van der Waals surface area contributed by atoms with Crippen molar-refractivity contribution in [3.05, 3.63) is 87.9 Å². The van der Waals surface area contributed by atoms with Crippen LogP contribution in [0.1, 0.15) is 102 Å². The molecule has 0 aliphatic carbocycles.